The van der Waals surface area contributed by atoms with Crippen molar-refractivity contribution in [3.8, 4) is 11.5 Å². The van der Waals surface area contributed by atoms with Gasteiger partial charge in [0.2, 0.25) is 0 Å². The number of aromatic hydroxyl groups is 2. The molecule has 1 aromatic carbocycles. The average molecular weight is 208 g/mol. The molecule has 0 saturated heterocycles. The zero-order chi connectivity index (χ0) is 11.4. The van der Waals surface area contributed by atoms with E-state index in [1.165, 1.54) is 12.1 Å². The van der Waals surface area contributed by atoms with Gasteiger partial charge in [0.15, 0.2) is 11.5 Å². The Kier molecular flexibility index (Phi) is 3.33. The van der Waals surface area contributed by atoms with Gasteiger partial charge in [0.1, 0.15) is 0 Å². The molecule has 0 aliphatic heterocycles. The third kappa shape index (κ3) is 2.49. The molecule has 0 spiro atoms. The van der Waals surface area contributed by atoms with Gasteiger partial charge in [0, 0.05) is 11.6 Å². The highest BCUT2D eigenvalue weighted by molar-refractivity contribution is 5.85. The summed E-state index contributed by atoms with van der Waals surface area (Å²) in [6, 6.07) is 2.89. The molecule has 0 aliphatic rings. The van der Waals surface area contributed by atoms with Gasteiger partial charge >= 0.3 is 5.97 Å². The van der Waals surface area contributed by atoms with Gasteiger partial charge in [-0.3, -0.25) is 0 Å². The van der Waals surface area contributed by atoms with Crippen molar-refractivity contribution < 1.29 is 20.1 Å². The summed E-state index contributed by atoms with van der Waals surface area (Å²) >= 11 is 0. The maximum absolute atomic E-state index is 10.3. The van der Waals surface area contributed by atoms with E-state index < -0.39 is 5.97 Å². The molecule has 0 atom stereocenters. The van der Waals surface area contributed by atoms with Gasteiger partial charge in [0.25, 0.3) is 0 Å². The lowest BCUT2D eigenvalue weighted by molar-refractivity contribution is -0.131. The van der Waals surface area contributed by atoms with E-state index >= 15 is 0 Å². The fraction of sp³-hybridized carbons (Fsp3) is 0.182. The summed E-state index contributed by atoms with van der Waals surface area (Å²) in [6.45, 7) is 1.81. The Morgan fingerprint density at radius 1 is 1.40 bits per heavy atom. The van der Waals surface area contributed by atoms with E-state index in [9.17, 15) is 15.0 Å². The van der Waals surface area contributed by atoms with Gasteiger partial charge in [0.05, 0.1) is 0 Å². The molecule has 0 aliphatic carbocycles. The van der Waals surface area contributed by atoms with Gasteiger partial charge < -0.3 is 15.3 Å². The molecule has 0 radical (unpaired) electrons. The molecule has 0 bridgehead atoms. The summed E-state index contributed by atoms with van der Waals surface area (Å²) in [5, 5.41) is 27.2. The molecule has 1 aromatic rings. The van der Waals surface area contributed by atoms with Crippen LogP contribution >= 0.6 is 0 Å². The standard InChI is InChI=1S/C11H12O4/c1-2-8-7(4-6-10(13)14)3-5-9(12)11(8)15/h3-6,12,15H,2H2,1H3,(H,13,14). The van der Waals surface area contributed by atoms with Crippen molar-refractivity contribution >= 4 is 12.0 Å². The van der Waals surface area contributed by atoms with Crippen LogP contribution in [0.25, 0.3) is 6.08 Å². The molecule has 15 heavy (non-hydrogen) atoms. The predicted octanol–water partition coefficient (Wildman–Crippen LogP) is 1.76. The number of rotatable bonds is 3. The van der Waals surface area contributed by atoms with E-state index in [4.69, 9.17) is 5.11 Å². The van der Waals surface area contributed by atoms with Crippen LogP contribution in [-0.2, 0) is 11.2 Å². The number of benzene rings is 1. The van der Waals surface area contributed by atoms with Crippen molar-refractivity contribution in [2.45, 2.75) is 13.3 Å². The van der Waals surface area contributed by atoms with Crippen molar-refractivity contribution in [1.82, 2.24) is 0 Å². The predicted molar refractivity (Wildman–Crippen MR) is 55.8 cm³/mol. The Hall–Kier alpha value is -1.97. The Labute approximate surface area is 87.1 Å². The van der Waals surface area contributed by atoms with Crippen LogP contribution in [0.5, 0.6) is 11.5 Å². The molecule has 4 nitrogen and oxygen atoms in total. The lowest BCUT2D eigenvalue weighted by Gasteiger charge is -2.07. The van der Waals surface area contributed by atoms with Gasteiger partial charge in [-0.1, -0.05) is 13.0 Å². The van der Waals surface area contributed by atoms with Crippen molar-refractivity contribution in [2.75, 3.05) is 0 Å². The van der Waals surface area contributed by atoms with Crippen LogP contribution in [0.4, 0.5) is 0 Å². The minimum absolute atomic E-state index is 0.190. The summed E-state index contributed by atoms with van der Waals surface area (Å²) in [5.74, 6) is -1.44. The number of carbonyl (C=O) groups is 1. The molecule has 4 heteroatoms. The van der Waals surface area contributed by atoms with Crippen LogP contribution in [0.2, 0.25) is 0 Å². The second-order valence-corrected chi connectivity index (χ2v) is 3.03. The molecule has 0 saturated carbocycles. The van der Waals surface area contributed by atoms with E-state index in [1.807, 2.05) is 6.92 Å². The highest BCUT2D eigenvalue weighted by Crippen LogP contribution is 2.32. The monoisotopic (exact) mass is 208 g/mol. The van der Waals surface area contributed by atoms with Crippen LogP contribution in [0.3, 0.4) is 0 Å². The number of carboxylic acid groups (broad SMARTS) is 1. The minimum Gasteiger partial charge on any atom is -0.504 e. The molecule has 0 amide bonds. The molecular weight excluding hydrogens is 196 g/mol. The first kappa shape index (κ1) is 11.1. The number of phenolic OH excluding ortho intramolecular Hbond substituents is 2. The molecule has 0 unspecified atom stereocenters. The zero-order valence-electron chi connectivity index (χ0n) is 8.27. The average Bonchev–Trinajstić information content (AvgIpc) is 2.19. The van der Waals surface area contributed by atoms with E-state index in [0.29, 0.717) is 17.5 Å². The number of hydrogen-bond donors (Lipinski definition) is 3. The summed E-state index contributed by atoms with van der Waals surface area (Å²) < 4.78 is 0. The topological polar surface area (TPSA) is 77.8 Å². The first-order chi connectivity index (χ1) is 7.06. The highest BCUT2D eigenvalue weighted by Gasteiger charge is 2.08. The first-order valence-electron chi connectivity index (χ1n) is 4.51. The van der Waals surface area contributed by atoms with E-state index in [0.717, 1.165) is 6.08 Å². The van der Waals surface area contributed by atoms with Crippen molar-refractivity contribution in [1.29, 1.82) is 0 Å². The van der Waals surface area contributed by atoms with Crippen molar-refractivity contribution in [2.24, 2.45) is 0 Å². The van der Waals surface area contributed by atoms with Gasteiger partial charge in [-0.2, -0.15) is 0 Å². The minimum atomic E-state index is -1.05. The Morgan fingerprint density at radius 2 is 2.07 bits per heavy atom. The quantitative estimate of drug-likeness (QED) is 0.522. The maximum Gasteiger partial charge on any atom is 0.328 e. The molecule has 80 valence electrons. The van der Waals surface area contributed by atoms with E-state index in [-0.39, 0.29) is 11.5 Å². The van der Waals surface area contributed by atoms with Crippen molar-refractivity contribution in [3.05, 3.63) is 29.3 Å². The van der Waals surface area contributed by atoms with Gasteiger partial charge in [-0.25, -0.2) is 4.79 Å². The third-order valence-corrected chi connectivity index (χ3v) is 2.06. The Bertz CT molecular complexity index is 407. The number of aliphatic carboxylic acids is 1. The van der Waals surface area contributed by atoms with Crippen LogP contribution in [-0.4, -0.2) is 21.3 Å². The molecule has 1 rings (SSSR count). The smallest absolute Gasteiger partial charge is 0.328 e. The maximum atomic E-state index is 10.3. The Morgan fingerprint density at radius 3 is 2.60 bits per heavy atom. The van der Waals surface area contributed by atoms with Crippen LogP contribution < -0.4 is 0 Å². The van der Waals surface area contributed by atoms with Crippen LogP contribution in [0.1, 0.15) is 18.1 Å². The lowest BCUT2D eigenvalue weighted by atomic mass is 10.0. The zero-order valence-corrected chi connectivity index (χ0v) is 8.27. The molecule has 0 aromatic heterocycles. The van der Waals surface area contributed by atoms with E-state index in [2.05, 4.69) is 0 Å². The number of phenols is 2. The normalized spacial score (nSPS) is 10.7. The van der Waals surface area contributed by atoms with Gasteiger partial charge in [-0.05, 0) is 24.1 Å². The number of hydrogen-bond acceptors (Lipinski definition) is 3. The summed E-state index contributed by atoms with van der Waals surface area (Å²) in [7, 11) is 0. The SMILES string of the molecule is CCc1c(C=CC(=O)O)ccc(O)c1O. The number of carboxylic acids is 1. The fourth-order valence-corrected chi connectivity index (χ4v) is 1.33. The van der Waals surface area contributed by atoms with E-state index in [1.54, 1.807) is 6.07 Å². The summed E-state index contributed by atoms with van der Waals surface area (Å²) in [4.78, 5) is 10.3. The fourth-order valence-electron chi connectivity index (χ4n) is 1.33. The van der Waals surface area contributed by atoms with Crippen molar-refractivity contribution in [3.63, 3.8) is 0 Å². The van der Waals surface area contributed by atoms with Crippen LogP contribution in [0.15, 0.2) is 18.2 Å². The molecule has 0 heterocycles. The summed E-state index contributed by atoms with van der Waals surface area (Å²) in [5.41, 5.74) is 1.13. The second kappa shape index (κ2) is 4.50. The second-order valence-electron chi connectivity index (χ2n) is 3.03. The largest absolute Gasteiger partial charge is 0.504 e. The highest BCUT2D eigenvalue weighted by atomic mass is 16.4. The summed E-state index contributed by atoms with van der Waals surface area (Å²) in [6.07, 6.45) is 2.89. The lowest BCUT2D eigenvalue weighted by Crippen LogP contribution is -1.90. The van der Waals surface area contributed by atoms with Crippen LogP contribution in [0, 0.1) is 0 Å². The molecule has 0 fully saturated rings. The molecule has 3 N–H and O–H groups in total. The Balaban J connectivity index is 3.19. The third-order valence-electron chi connectivity index (χ3n) is 2.06. The first-order valence-corrected chi connectivity index (χ1v) is 4.51. The molecular formula is C11H12O4. The van der Waals surface area contributed by atoms with Gasteiger partial charge in [-0.15, -0.1) is 0 Å².